The Balaban J connectivity index is 1.69. The van der Waals surface area contributed by atoms with Gasteiger partial charge in [0.15, 0.2) is 11.5 Å². The lowest BCUT2D eigenvalue weighted by atomic mass is 10.2. The molecule has 2 N–H and O–H groups in total. The van der Waals surface area contributed by atoms with Gasteiger partial charge in [-0.2, -0.15) is 10.2 Å². The van der Waals surface area contributed by atoms with Crippen molar-refractivity contribution in [2.45, 2.75) is 19.5 Å². The molecule has 0 aliphatic heterocycles. The maximum atomic E-state index is 13.0. The third-order valence-corrected chi connectivity index (χ3v) is 4.10. The van der Waals surface area contributed by atoms with Crippen molar-refractivity contribution in [2.75, 3.05) is 5.32 Å². The Morgan fingerprint density at radius 3 is 2.59 bits per heavy atom. The second kappa shape index (κ2) is 7.58. The third-order valence-electron chi connectivity index (χ3n) is 3.82. The predicted octanol–water partition coefficient (Wildman–Crippen LogP) is 2.82. The smallest absolute Gasteiger partial charge is 0.356 e. The van der Waals surface area contributed by atoms with Crippen LogP contribution in [0.15, 0.2) is 42.7 Å². The van der Waals surface area contributed by atoms with Gasteiger partial charge < -0.3 is 10.4 Å². The molecule has 0 saturated heterocycles. The van der Waals surface area contributed by atoms with Crippen LogP contribution >= 0.6 is 11.6 Å². The summed E-state index contributed by atoms with van der Waals surface area (Å²) >= 11 is 6.12. The Kier molecular flexibility index (Phi) is 5.22. The number of aromatic nitrogens is 4. The van der Waals surface area contributed by atoms with Gasteiger partial charge >= 0.3 is 5.97 Å². The van der Waals surface area contributed by atoms with Crippen LogP contribution in [0.2, 0.25) is 5.02 Å². The summed E-state index contributed by atoms with van der Waals surface area (Å²) in [5, 5.41) is 19.8. The minimum absolute atomic E-state index is 0.156. The monoisotopic (exact) mass is 391 g/mol. The van der Waals surface area contributed by atoms with Crippen LogP contribution in [-0.2, 0) is 11.3 Å². The van der Waals surface area contributed by atoms with Gasteiger partial charge in [-0.1, -0.05) is 23.7 Å². The lowest BCUT2D eigenvalue weighted by Crippen LogP contribution is -2.24. The number of amides is 1. The highest BCUT2D eigenvalue weighted by Gasteiger charge is 2.20. The van der Waals surface area contributed by atoms with E-state index in [2.05, 4.69) is 15.5 Å². The first-order chi connectivity index (χ1) is 12.8. The van der Waals surface area contributed by atoms with E-state index in [9.17, 15) is 14.0 Å². The number of carboxylic acids is 1. The molecule has 2 aromatic heterocycles. The summed E-state index contributed by atoms with van der Waals surface area (Å²) in [6, 6.07) is 6.49. The second-order valence-corrected chi connectivity index (χ2v) is 6.21. The van der Waals surface area contributed by atoms with Crippen molar-refractivity contribution in [1.29, 1.82) is 0 Å². The standard InChI is InChI=1S/C17H15ClFN5O3/c1-10(24-7-6-14(21-24)17(26)27)16(25)20-15-13(18)9-23(22-15)8-11-2-4-12(19)5-3-11/h2-7,9-10H,8H2,1H3,(H,26,27)(H,20,22,25). The van der Waals surface area contributed by atoms with Crippen LogP contribution in [0.1, 0.15) is 29.0 Å². The van der Waals surface area contributed by atoms with Gasteiger partial charge in [0.25, 0.3) is 0 Å². The molecular formula is C17H15ClFN5O3. The highest BCUT2D eigenvalue weighted by atomic mass is 35.5. The molecule has 0 aliphatic carbocycles. The number of benzene rings is 1. The van der Waals surface area contributed by atoms with Gasteiger partial charge in [-0.05, 0) is 30.7 Å². The van der Waals surface area contributed by atoms with E-state index in [4.69, 9.17) is 16.7 Å². The average Bonchev–Trinajstić information content (AvgIpc) is 3.24. The van der Waals surface area contributed by atoms with Gasteiger partial charge in [0.1, 0.15) is 16.9 Å². The zero-order valence-electron chi connectivity index (χ0n) is 14.1. The molecule has 1 amide bonds. The number of carboxylic acid groups (broad SMARTS) is 1. The van der Waals surface area contributed by atoms with Crippen LogP contribution in [0.4, 0.5) is 10.2 Å². The topological polar surface area (TPSA) is 102 Å². The molecule has 3 aromatic rings. The first-order valence-electron chi connectivity index (χ1n) is 7.90. The lowest BCUT2D eigenvalue weighted by Gasteiger charge is -2.11. The fourth-order valence-corrected chi connectivity index (χ4v) is 2.55. The average molecular weight is 392 g/mol. The van der Waals surface area contributed by atoms with Crippen LogP contribution in [0.3, 0.4) is 0 Å². The van der Waals surface area contributed by atoms with Gasteiger partial charge in [-0.25, -0.2) is 9.18 Å². The summed E-state index contributed by atoms with van der Waals surface area (Å²) in [5.74, 6) is -1.79. The van der Waals surface area contributed by atoms with Gasteiger partial charge in [-0.3, -0.25) is 14.2 Å². The highest BCUT2D eigenvalue weighted by molar-refractivity contribution is 6.33. The van der Waals surface area contributed by atoms with Gasteiger partial charge in [-0.15, -0.1) is 0 Å². The van der Waals surface area contributed by atoms with E-state index in [1.54, 1.807) is 25.3 Å². The number of aromatic carboxylic acids is 1. The zero-order chi connectivity index (χ0) is 19.6. The number of rotatable bonds is 6. The van der Waals surface area contributed by atoms with E-state index in [0.29, 0.717) is 6.54 Å². The second-order valence-electron chi connectivity index (χ2n) is 5.80. The van der Waals surface area contributed by atoms with E-state index < -0.39 is 17.9 Å². The Morgan fingerprint density at radius 2 is 1.96 bits per heavy atom. The largest absolute Gasteiger partial charge is 0.476 e. The quantitative estimate of drug-likeness (QED) is 0.672. The normalized spacial score (nSPS) is 12.0. The first-order valence-corrected chi connectivity index (χ1v) is 8.28. The molecule has 0 saturated carbocycles. The van der Waals surface area contributed by atoms with E-state index in [1.165, 1.54) is 33.8 Å². The Morgan fingerprint density at radius 1 is 1.26 bits per heavy atom. The molecule has 2 heterocycles. The van der Waals surface area contributed by atoms with Crippen molar-refractivity contribution in [3.05, 3.63) is 64.8 Å². The number of carbonyl (C=O) groups excluding carboxylic acids is 1. The summed E-state index contributed by atoms with van der Waals surface area (Å²) < 4.78 is 15.7. The summed E-state index contributed by atoms with van der Waals surface area (Å²) in [5.41, 5.74) is 0.663. The number of nitrogens with zero attached hydrogens (tertiary/aromatic N) is 4. The maximum Gasteiger partial charge on any atom is 0.356 e. The van der Waals surface area contributed by atoms with Gasteiger partial charge in [0, 0.05) is 12.4 Å². The number of carbonyl (C=O) groups is 2. The van der Waals surface area contributed by atoms with Gasteiger partial charge in [0.2, 0.25) is 5.91 Å². The van der Waals surface area contributed by atoms with Crippen molar-refractivity contribution >= 4 is 29.3 Å². The predicted molar refractivity (Wildman–Crippen MR) is 95.3 cm³/mol. The number of hydrogen-bond donors (Lipinski definition) is 2. The summed E-state index contributed by atoms with van der Waals surface area (Å²) in [4.78, 5) is 23.3. The Labute approximate surface area is 158 Å². The molecule has 0 bridgehead atoms. The number of anilines is 1. The SMILES string of the molecule is CC(C(=O)Nc1nn(Cc2ccc(F)cc2)cc1Cl)n1ccc(C(=O)O)n1. The Bertz CT molecular complexity index is 983. The number of nitrogens with one attached hydrogen (secondary N) is 1. The molecule has 1 unspecified atom stereocenters. The molecule has 8 nitrogen and oxygen atoms in total. The first kappa shape index (κ1) is 18.6. The van der Waals surface area contributed by atoms with E-state index in [1.807, 2.05) is 0 Å². The zero-order valence-corrected chi connectivity index (χ0v) is 14.9. The highest BCUT2D eigenvalue weighted by Crippen LogP contribution is 2.21. The molecule has 0 radical (unpaired) electrons. The summed E-state index contributed by atoms with van der Waals surface area (Å²) in [6.45, 7) is 1.92. The van der Waals surface area contributed by atoms with E-state index in [0.717, 1.165) is 5.56 Å². The van der Waals surface area contributed by atoms with Crippen molar-refractivity contribution in [3.63, 3.8) is 0 Å². The van der Waals surface area contributed by atoms with Crippen molar-refractivity contribution in [1.82, 2.24) is 19.6 Å². The number of hydrogen-bond acceptors (Lipinski definition) is 4. The molecule has 1 atom stereocenters. The van der Waals surface area contributed by atoms with Gasteiger partial charge in [0.05, 0.1) is 6.54 Å². The molecule has 27 heavy (non-hydrogen) atoms. The molecule has 0 fully saturated rings. The van der Waals surface area contributed by atoms with Crippen LogP contribution in [0, 0.1) is 5.82 Å². The van der Waals surface area contributed by atoms with Crippen LogP contribution in [0.25, 0.3) is 0 Å². The molecule has 3 rings (SSSR count). The van der Waals surface area contributed by atoms with Crippen LogP contribution < -0.4 is 5.32 Å². The molecule has 10 heteroatoms. The summed E-state index contributed by atoms with van der Waals surface area (Å²) in [7, 11) is 0. The summed E-state index contributed by atoms with van der Waals surface area (Å²) in [6.07, 6.45) is 2.95. The minimum Gasteiger partial charge on any atom is -0.476 e. The molecule has 0 aliphatic rings. The lowest BCUT2D eigenvalue weighted by molar-refractivity contribution is -0.119. The fourth-order valence-electron chi connectivity index (χ4n) is 2.35. The molecule has 1 aromatic carbocycles. The molecular weight excluding hydrogens is 377 g/mol. The molecule has 140 valence electrons. The van der Waals surface area contributed by atoms with Crippen molar-refractivity contribution < 1.29 is 19.1 Å². The molecule has 0 spiro atoms. The van der Waals surface area contributed by atoms with E-state index >= 15 is 0 Å². The Hall–Kier alpha value is -3.20. The van der Waals surface area contributed by atoms with E-state index in [-0.39, 0.29) is 22.4 Å². The van der Waals surface area contributed by atoms with Crippen LogP contribution in [-0.4, -0.2) is 36.5 Å². The minimum atomic E-state index is -1.18. The van der Waals surface area contributed by atoms with Crippen LogP contribution in [0.5, 0.6) is 0 Å². The fraction of sp³-hybridized carbons (Fsp3) is 0.176. The number of halogens is 2. The van der Waals surface area contributed by atoms with Crippen molar-refractivity contribution in [2.24, 2.45) is 0 Å². The van der Waals surface area contributed by atoms with Crippen molar-refractivity contribution in [3.8, 4) is 0 Å². The third kappa shape index (κ3) is 4.32. The maximum absolute atomic E-state index is 13.0.